The van der Waals surface area contributed by atoms with Crippen LogP contribution in [0.3, 0.4) is 0 Å². The van der Waals surface area contributed by atoms with Crippen LogP contribution in [0.15, 0.2) is 97.1 Å². The van der Waals surface area contributed by atoms with Gasteiger partial charge in [-0.15, -0.1) is 0 Å². The number of Topliss-reactive ketones (excluding diaryl/α,β-unsaturated/α-hetero) is 1. The first-order valence-electron chi connectivity index (χ1n) is 29.7. The van der Waals surface area contributed by atoms with Crippen LogP contribution in [-0.2, 0) is 41.6 Å². The highest BCUT2D eigenvalue weighted by molar-refractivity contribution is 5.98. The second-order valence-corrected chi connectivity index (χ2v) is 25.5. The fourth-order valence-corrected chi connectivity index (χ4v) is 12.2. The number of aryl methyl sites for hydroxylation is 2. The molecule has 4 aromatic rings. The number of fused-ring (bicyclic) bond motifs is 2. The number of hydrogen-bond donors (Lipinski definition) is 6. The molecule has 8 rings (SSSR count). The zero-order valence-electron chi connectivity index (χ0n) is 49.7. The first-order chi connectivity index (χ1) is 38.9. The van der Waals surface area contributed by atoms with E-state index in [0.29, 0.717) is 17.5 Å². The molecule has 82 heavy (non-hydrogen) atoms. The van der Waals surface area contributed by atoms with E-state index < -0.39 is 53.0 Å². The van der Waals surface area contributed by atoms with E-state index in [2.05, 4.69) is 44.0 Å². The van der Waals surface area contributed by atoms with E-state index in [4.69, 9.17) is 0 Å². The maximum Gasteiger partial charge on any atom is 0.251 e. The number of likely N-dealkylation sites (N-methyl/N-ethyl adjacent to an activating group) is 1. The maximum atomic E-state index is 14.7. The number of carbonyl (C=O) groups excluding carboxylic acids is 8. The van der Waals surface area contributed by atoms with Gasteiger partial charge in [0, 0.05) is 54.6 Å². The number of carbonyl (C=O) groups is 8. The van der Waals surface area contributed by atoms with Gasteiger partial charge in [-0.05, 0) is 140 Å². The highest BCUT2D eigenvalue weighted by atomic mass is 16.2. The summed E-state index contributed by atoms with van der Waals surface area (Å²) in [5.74, 6) is -3.33. The predicted octanol–water partition coefficient (Wildman–Crippen LogP) is 7.95. The Morgan fingerprint density at radius 3 is 1.43 bits per heavy atom. The molecule has 7 amide bonds. The second kappa shape index (κ2) is 25.9. The number of amides is 7. The third-order valence-corrected chi connectivity index (χ3v) is 17.6. The highest BCUT2D eigenvalue weighted by Gasteiger charge is 2.48. The Balaban J connectivity index is 0.937. The largest absolute Gasteiger partial charge is 0.347 e. The van der Waals surface area contributed by atoms with E-state index in [0.717, 1.165) is 60.8 Å². The molecule has 0 bridgehead atoms. The molecule has 10 atom stereocenters. The minimum Gasteiger partial charge on any atom is -0.347 e. The van der Waals surface area contributed by atoms with Crippen molar-refractivity contribution in [1.82, 2.24) is 41.7 Å². The number of ketones is 1. The highest BCUT2D eigenvalue weighted by Crippen LogP contribution is 2.36. The number of nitrogens with one attached hydrogen (secondary N) is 6. The molecular formula is C66H86N8O8. The lowest BCUT2D eigenvalue weighted by molar-refractivity contribution is -0.146. The van der Waals surface area contributed by atoms with E-state index in [1.807, 2.05) is 116 Å². The Morgan fingerprint density at radius 2 is 1.01 bits per heavy atom. The Hall–Kier alpha value is -7.20. The monoisotopic (exact) mass is 1120 g/mol. The molecule has 4 aliphatic rings. The van der Waals surface area contributed by atoms with E-state index in [1.54, 1.807) is 43.1 Å². The Bertz CT molecular complexity index is 2800. The van der Waals surface area contributed by atoms with Crippen LogP contribution in [0.1, 0.15) is 169 Å². The van der Waals surface area contributed by atoms with Gasteiger partial charge in [-0.2, -0.15) is 0 Å². The van der Waals surface area contributed by atoms with Crippen molar-refractivity contribution in [2.45, 2.75) is 175 Å². The first kappa shape index (κ1) is 60.9. The maximum absolute atomic E-state index is 14.7. The predicted molar refractivity (Wildman–Crippen MR) is 317 cm³/mol. The summed E-state index contributed by atoms with van der Waals surface area (Å²) in [5, 5.41) is 18.7. The molecule has 0 spiro atoms. The fourth-order valence-electron chi connectivity index (χ4n) is 12.2. The molecule has 2 aliphatic heterocycles. The van der Waals surface area contributed by atoms with Crippen molar-refractivity contribution in [2.24, 2.45) is 22.7 Å². The van der Waals surface area contributed by atoms with Gasteiger partial charge in [0.25, 0.3) is 11.8 Å². The lowest BCUT2D eigenvalue weighted by atomic mass is 9.76. The van der Waals surface area contributed by atoms with Gasteiger partial charge in [0.1, 0.15) is 23.9 Å². The molecule has 4 aromatic carbocycles. The van der Waals surface area contributed by atoms with Crippen LogP contribution in [-0.4, -0.2) is 113 Å². The third-order valence-electron chi connectivity index (χ3n) is 17.6. The molecule has 16 nitrogen and oxygen atoms in total. The third kappa shape index (κ3) is 14.2. The summed E-state index contributed by atoms with van der Waals surface area (Å²) in [7, 11) is 1.71. The summed E-state index contributed by atoms with van der Waals surface area (Å²) in [4.78, 5) is 116. The van der Waals surface area contributed by atoms with Gasteiger partial charge in [-0.25, -0.2) is 0 Å². The van der Waals surface area contributed by atoms with Gasteiger partial charge < -0.3 is 41.7 Å². The number of rotatable bonds is 18. The Morgan fingerprint density at radius 1 is 0.573 bits per heavy atom. The molecule has 0 radical (unpaired) electrons. The smallest absolute Gasteiger partial charge is 0.251 e. The van der Waals surface area contributed by atoms with Crippen molar-refractivity contribution >= 4 is 47.1 Å². The van der Waals surface area contributed by atoms with E-state index in [1.165, 1.54) is 16.0 Å². The number of nitrogens with zero attached hydrogens (tertiary/aromatic N) is 2. The molecule has 438 valence electrons. The van der Waals surface area contributed by atoms with Crippen molar-refractivity contribution in [3.8, 4) is 11.1 Å². The number of benzene rings is 4. The van der Waals surface area contributed by atoms with Crippen molar-refractivity contribution < 1.29 is 38.4 Å². The molecular weight excluding hydrogens is 1030 g/mol. The topological polar surface area (TPSA) is 215 Å². The van der Waals surface area contributed by atoms with Gasteiger partial charge in [-0.3, -0.25) is 38.4 Å². The minimum absolute atomic E-state index is 0.00660. The summed E-state index contributed by atoms with van der Waals surface area (Å²) in [6, 6.07) is 25.6. The molecule has 0 aromatic heterocycles. The lowest BCUT2D eigenvalue weighted by Gasteiger charge is -2.36. The average Bonchev–Trinajstić information content (AvgIpc) is 4.28. The van der Waals surface area contributed by atoms with Crippen molar-refractivity contribution in [1.29, 1.82) is 0 Å². The van der Waals surface area contributed by atoms with Crippen molar-refractivity contribution in [3.63, 3.8) is 0 Å². The average molecular weight is 1120 g/mol. The second-order valence-electron chi connectivity index (χ2n) is 25.5. The van der Waals surface area contributed by atoms with Crippen LogP contribution in [0.5, 0.6) is 0 Å². The van der Waals surface area contributed by atoms with Gasteiger partial charge in [-0.1, -0.05) is 128 Å². The molecule has 2 aliphatic carbocycles. The molecule has 2 heterocycles. The molecule has 6 N–H and O–H groups in total. The lowest BCUT2D eigenvalue weighted by Crippen LogP contribution is -2.58. The summed E-state index contributed by atoms with van der Waals surface area (Å²) >= 11 is 0. The van der Waals surface area contributed by atoms with Crippen LogP contribution < -0.4 is 31.9 Å². The van der Waals surface area contributed by atoms with Gasteiger partial charge in [0.2, 0.25) is 29.5 Å². The van der Waals surface area contributed by atoms with Crippen LogP contribution in [0, 0.1) is 22.7 Å². The number of likely N-dealkylation sites (tertiary alicyclic amines) is 2. The van der Waals surface area contributed by atoms with Gasteiger partial charge in [0.15, 0.2) is 0 Å². The first-order valence-corrected chi connectivity index (χ1v) is 29.7. The van der Waals surface area contributed by atoms with Crippen LogP contribution in [0.25, 0.3) is 11.1 Å². The van der Waals surface area contributed by atoms with Crippen molar-refractivity contribution in [2.75, 3.05) is 20.1 Å². The van der Waals surface area contributed by atoms with E-state index >= 15 is 0 Å². The SMILES string of the molecule is CC[C@@H](C)C(=O)N[C@H](C(=O)N1CC(NC(=O)c2ccc(-c3ccc(C(=O)N[C@H]4C[C@@H](C(=O)N[C@@H]5CCCc6ccccc65)N(C(=O)[C@@H](CC(=O)[C@H](C)NC)C(C)(C)C)C4)cc3)cc2)C[C@H]1C(=O)N[C@@H]1CCCc2ccccc21)C(C)(C)C. The van der Waals surface area contributed by atoms with E-state index in [-0.39, 0.29) is 97.5 Å². The van der Waals surface area contributed by atoms with Crippen LogP contribution in [0.2, 0.25) is 0 Å². The van der Waals surface area contributed by atoms with Crippen LogP contribution in [0.4, 0.5) is 0 Å². The fraction of sp³-hybridized carbons (Fsp3) is 0.515. The van der Waals surface area contributed by atoms with Crippen molar-refractivity contribution in [3.05, 3.63) is 130 Å². The molecule has 2 saturated heterocycles. The summed E-state index contributed by atoms with van der Waals surface area (Å²) < 4.78 is 0. The van der Waals surface area contributed by atoms with E-state index in [9.17, 15) is 38.4 Å². The van der Waals surface area contributed by atoms with Gasteiger partial charge in [0.05, 0.1) is 18.1 Å². The van der Waals surface area contributed by atoms with Gasteiger partial charge >= 0.3 is 0 Å². The van der Waals surface area contributed by atoms with Crippen LogP contribution >= 0.6 is 0 Å². The number of hydrogen-bond acceptors (Lipinski definition) is 9. The molecule has 2 fully saturated rings. The summed E-state index contributed by atoms with van der Waals surface area (Å²) in [6.07, 6.45) is 6.22. The molecule has 1 unspecified atom stereocenters. The normalized spacial score (nSPS) is 22.1. The molecule has 0 saturated carbocycles. The molecule has 16 heteroatoms. The zero-order valence-corrected chi connectivity index (χ0v) is 49.7. The summed E-state index contributed by atoms with van der Waals surface area (Å²) in [6.45, 7) is 17.1. The Labute approximate surface area is 484 Å². The zero-order chi connectivity index (χ0) is 59.2. The Kier molecular flexibility index (Phi) is 19.3. The standard InChI is InChI=1S/C66H86N8O8/c1-11-39(2)58(76)72-57(66(7,8)9)64(82)74-38-48(35-55(74)62(80)71-53-25-17-21-44-19-13-15-23-50(44)53)69-60(78)46-32-28-42(29-33-46)41-26-30-45(31-27-41)59(77)68-47-34-54(61(79)70-52-24-16-20-43-18-12-14-22-49(43)52)73(37-47)63(81)51(65(4,5)6)36-56(75)40(3)67-10/h12-15,18-19,22-23,26-33,39-40,47-48,51-55,57,67H,11,16-17,20-21,24-25,34-38H2,1-10H3,(H,68,77)(H,69,78)(H,70,79)(H,71,80)(H,72,76)/t39-,40+,47+,48?,51-,52-,53-,54+,55+,57-/m1/s1. The quantitative estimate of drug-likeness (QED) is 0.0570. The summed E-state index contributed by atoms with van der Waals surface area (Å²) in [5.41, 5.74) is 5.60. The minimum atomic E-state index is -0.914.